The van der Waals surface area contributed by atoms with Gasteiger partial charge in [-0.15, -0.1) is 10.2 Å². The third kappa shape index (κ3) is 4.36. The van der Waals surface area contributed by atoms with Gasteiger partial charge in [-0.3, -0.25) is 9.78 Å². The second-order valence-electron chi connectivity index (χ2n) is 6.86. The molecule has 138 valence electrons. The van der Waals surface area contributed by atoms with Gasteiger partial charge in [0.05, 0.1) is 0 Å². The first-order chi connectivity index (χ1) is 12.7. The Balaban J connectivity index is 1.61. The predicted molar refractivity (Wildman–Crippen MR) is 102 cm³/mol. The first kappa shape index (κ1) is 18.3. The summed E-state index contributed by atoms with van der Waals surface area (Å²) in [7, 11) is 1.99. The van der Waals surface area contributed by atoms with Gasteiger partial charge in [0.1, 0.15) is 0 Å². The topological polar surface area (TPSA) is 62.2 Å². The van der Waals surface area contributed by atoms with Crippen molar-refractivity contribution < 1.29 is 4.79 Å². The van der Waals surface area contributed by atoms with Crippen LogP contribution in [0.25, 0.3) is 0 Å². The van der Waals surface area contributed by atoms with Gasteiger partial charge >= 0.3 is 0 Å². The number of anilines is 1. The Morgan fingerprint density at radius 1 is 1.19 bits per heavy atom. The number of rotatable bonds is 6. The summed E-state index contributed by atoms with van der Waals surface area (Å²) in [6, 6.07) is 8.06. The maximum Gasteiger partial charge on any atom is 0.274 e. The average Bonchev–Trinajstić information content (AvgIpc) is 2.72. The molecule has 3 rings (SSSR count). The van der Waals surface area contributed by atoms with Crippen LogP contribution in [0.4, 0.5) is 5.82 Å². The SMILES string of the molecule is CCC1CCCCN1C(=O)c1ccc(N(C)CCc2ccncc2)nn1. The van der Waals surface area contributed by atoms with E-state index < -0.39 is 0 Å². The third-order valence-electron chi connectivity index (χ3n) is 5.11. The molecule has 1 fully saturated rings. The van der Waals surface area contributed by atoms with Crippen LogP contribution in [-0.4, -0.2) is 52.2 Å². The van der Waals surface area contributed by atoms with Crippen molar-refractivity contribution in [1.29, 1.82) is 0 Å². The van der Waals surface area contributed by atoms with E-state index in [-0.39, 0.29) is 5.91 Å². The van der Waals surface area contributed by atoms with E-state index in [1.54, 1.807) is 18.5 Å². The van der Waals surface area contributed by atoms with Crippen LogP contribution in [0.15, 0.2) is 36.7 Å². The standard InChI is InChI=1S/C20H27N5O/c1-3-17-6-4-5-14-25(17)20(26)18-7-8-19(23-22-18)24(2)15-11-16-9-12-21-13-10-16/h7-10,12-13,17H,3-6,11,14-15H2,1-2H3. The van der Waals surface area contributed by atoms with E-state index >= 15 is 0 Å². The van der Waals surface area contributed by atoms with E-state index in [0.29, 0.717) is 11.7 Å². The smallest absolute Gasteiger partial charge is 0.274 e. The molecule has 3 heterocycles. The van der Waals surface area contributed by atoms with Gasteiger partial charge in [0, 0.05) is 38.6 Å². The highest BCUT2D eigenvalue weighted by molar-refractivity contribution is 5.92. The summed E-state index contributed by atoms with van der Waals surface area (Å²) in [6.07, 6.45) is 8.88. The third-order valence-corrected chi connectivity index (χ3v) is 5.11. The number of hydrogen-bond donors (Lipinski definition) is 0. The van der Waals surface area contributed by atoms with Crippen LogP contribution in [0.5, 0.6) is 0 Å². The lowest BCUT2D eigenvalue weighted by Gasteiger charge is -2.34. The van der Waals surface area contributed by atoms with Crippen LogP contribution in [0.1, 0.15) is 48.7 Å². The molecule has 1 amide bonds. The van der Waals surface area contributed by atoms with Crippen molar-refractivity contribution in [2.45, 2.75) is 45.1 Å². The molecule has 1 aliphatic rings. The Morgan fingerprint density at radius 2 is 2.00 bits per heavy atom. The number of amides is 1. The molecule has 0 N–H and O–H groups in total. The highest BCUT2D eigenvalue weighted by Crippen LogP contribution is 2.21. The van der Waals surface area contributed by atoms with Crippen molar-refractivity contribution >= 4 is 11.7 Å². The van der Waals surface area contributed by atoms with Gasteiger partial charge in [-0.1, -0.05) is 6.92 Å². The molecule has 1 unspecified atom stereocenters. The summed E-state index contributed by atoms with van der Waals surface area (Å²) in [5.74, 6) is 0.788. The molecule has 1 atom stereocenters. The van der Waals surface area contributed by atoms with Crippen LogP contribution in [-0.2, 0) is 6.42 Å². The van der Waals surface area contributed by atoms with Crippen LogP contribution in [0, 0.1) is 0 Å². The molecule has 2 aromatic heterocycles. The van der Waals surface area contributed by atoms with E-state index in [9.17, 15) is 4.79 Å². The van der Waals surface area contributed by atoms with Crippen molar-refractivity contribution in [2.75, 3.05) is 25.0 Å². The lowest BCUT2D eigenvalue weighted by Crippen LogP contribution is -2.43. The highest BCUT2D eigenvalue weighted by Gasteiger charge is 2.27. The summed E-state index contributed by atoms with van der Waals surface area (Å²) >= 11 is 0. The molecule has 0 saturated carbocycles. The number of piperidine rings is 1. The van der Waals surface area contributed by atoms with Gasteiger partial charge in [-0.05, 0) is 61.9 Å². The molecule has 6 heteroatoms. The summed E-state index contributed by atoms with van der Waals surface area (Å²) in [5.41, 5.74) is 1.68. The quantitative estimate of drug-likeness (QED) is 0.799. The van der Waals surface area contributed by atoms with Crippen LogP contribution in [0.3, 0.4) is 0 Å². The molecule has 0 radical (unpaired) electrons. The van der Waals surface area contributed by atoms with Crippen LogP contribution in [0.2, 0.25) is 0 Å². The molecule has 1 saturated heterocycles. The molecule has 0 bridgehead atoms. The van der Waals surface area contributed by atoms with Gasteiger partial charge in [-0.25, -0.2) is 0 Å². The summed E-state index contributed by atoms with van der Waals surface area (Å²) in [4.78, 5) is 20.8. The Bertz CT molecular complexity index is 704. The summed E-state index contributed by atoms with van der Waals surface area (Å²) in [5, 5.41) is 8.48. The molecule has 6 nitrogen and oxygen atoms in total. The largest absolute Gasteiger partial charge is 0.358 e. The molecular weight excluding hydrogens is 326 g/mol. The number of aromatic nitrogens is 3. The predicted octanol–water partition coefficient (Wildman–Crippen LogP) is 2.96. The van der Waals surface area contributed by atoms with Gasteiger partial charge in [0.2, 0.25) is 0 Å². The molecule has 26 heavy (non-hydrogen) atoms. The minimum Gasteiger partial charge on any atom is -0.358 e. The van der Waals surface area contributed by atoms with E-state index in [4.69, 9.17) is 0 Å². The fourth-order valence-electron chi connectivity index (χ4n) is 3.44. The number of carbonyl (C=O) groups is 1. The Kier molecular flexibility index (Phi) is 6.15. The zero-order valence-electron chi connectivity index (χ0n) is 15.6. The summed E-state index contributed by atoms with van der Waals surface area (Å²) < 4.78 is 0. The first-order valence-corrected chi connectivity index (χ1v) is 9.43. The van der Waals surface area contributed by atoms with Crippen molar-refractivity contribution in [2.24, 2.45) is 0 Å². The lowest BCUT2D eigenvalue weighted by molar-refractivity contribution is 0.0600. The minimum absolute atomic E-state index is 0.00930. The molecule has 0 aliphatic carbocycles. The number of pyridine rings is 1. The number of likely N-dealkylation sites (N-methyl/N-ethyl adjacent to an activating group) is 1. The van der Waals surface area contributed by atoms with Crippen molar-refractivity contribution in [3.05, 3.63) is 47.9 Å². The number of nitrogens with zero attached hydrogens (tertiary/aromatic N) is 5. The van der Waals surface area contributed by atoms with E-state index in [2.05, 4.69) is 27.0 Å². The van der Waals surface area contributed by atoms with Gasteiger partial charge in [-0.2, -0.15) is 0 Å². The number of likely N-dealkylation sites (tertiary alicyclic amines) is 1. The fourth-order valence-corrected chi connectivity index (χ4v) is 3.44. The zero-order valence-corrected chi connectivity index (χ0v) is 15.6. The van der Waals surface area contributed by atoms with E-state index in [0.717, 1.165) is 44.6 Å². The van der Waals surface area contributed by atoms with Gasteiger partial charge < -0.3 is 9.80 Å². The summed E-state index contributed by atoms with van der Waals surface area (Å²) in [6.45, 7) is 3.80. The zero-order chi connectivity index (χ0) is 18.4. The van der Waals surface area contributed by atoms with Crippen molar-refractivity contribution in [3.63, 3.8) is 0 Å². The van der Waals surface area contributed by atoms with Gasteiger partial charge in [0.25, 0.3) is 5.91 Å². The van der Waals surface area contributed by atoms with Crippen LogP contribution >= 0.6 is 0 Å². The van der Waals surface area contributed by atoms with Crippen molar-refractivity contribution in [3.8, 4) is 0 Å². The normalized spacial score (nSPS) is 17.2. The molecule has 2 aromatic rings. The fraction of sp³-hybridized carbons (Fsp3) is 0.500. The van der Waals surface area contributed by atoms with E-state index in [1.807, 2.05) is 30.1 Å². The maximum absolute atomic E-state index is 12.8. The Labute approximate surface area is 155 Å². The molecule has 0 spiro atoms. The number of hydrogen-bond acceptors (Lipinski definition) is 5. The van der Waals surface area contributed by atoms with Crippen LogP contribution < -0.4 is 4.90 Å². The Hall–Kier alpha value is -2.50. The minimum atomic E-state index is 0.00930. The average molecular weight is 353 g/mol. The molecular formula is C20H27N5O. The Morgan fingerprint density at radius 3 is 2.69 bits per heavy atom. The second-order valence-corrected chi connectivity index (χ2v) is 6.86. The number of carbonyl (C=O) groups excluding carboxylic acids is 1. The lowest BCUT2D eigenvalue weighted by atomic mass is 9.99. The first-order valence-electron chi connectivity index (χ1n) is 9.43. The highest BCUT2D eigenvalue weighted by atomic mass is 16.2. The second kappa shape index (κ2) is 8.74. The maximum atomic E-state index is 12.8. The van der Waals surface area contributed by atoms with E-state index in [1.165, 1.54) is 12.0 Å². The van der Waals surface area contributed by atoms with Crippen molar-refractivity contribution in [1.82, 2.24) is 20.1 Å². The monoisotopic (exact) mass is 353 g/mol. The molecule has 0 aromatic carbocycles. The van der Waals surface area contributed by atoms with Gasteiger partial charge in [0.15, 0.2) is 11.5 Å². The molecule has 1 aliphatic heterocycles.